The lowest BCUT2D eigenvalue weighted by Crippen LogP contribution is -2.40. The van der Waals surface area contributed by atoms with Crippen LogP contribution >= 0.6 is 11.6 Å². The number of halogens is 1. The van der Waals surface area contributed by atoms with Gasteiger partial charge in [-0.15, -0.1) is 0 Å². The van der Waals surface area contributed by atoms with E-state index in [-0.39, 0.29) is 0 Å². The Hall–Kier alpha value is -0.840. The third-order valence-corrected chi connectivity index (χ3v) is 3.72. The first-order chi connectivity index (χ1) is 9.85. The van der Waals surface area contributed by atoms with Crippen LogP contribution in [0.3, 0.4) is 0 Å². The summed E-state index contributed by atoms with van der Waals surface area (Å²) >= 11 is 6.26. The first kappa shape index (κ1) is 18.2. The molecule has 0 aromatic carbocycles. The highest BCUT2D eigenvalue weighted by molar-refractivity contribution is 6.31. The van der Waals surface area contributed by atoms with Crippen molar-refractivity contribution in [1.82, 2.24) is 15.2 Å². The highest BCUT2D eigenvalue weighted by Crippen LogP contribution is 2.21. The van der Waals surface area contributed by atoms with E-state index in [9.17, 15) is 0 Å². The van der Waals surface area contributed by atoms with E-state index >= 15 is 0 Å². The second-order valence-electron chi connectivity index (χ2n) is 6.03. The first-order valence-electron chi connectivity index (χ1n) is 7.65. The normalized spacial score (nSPS) is 13.0. The summed E-state index contributed by atoms with van der Waals surface area (Å²) in [6.45, 7) is 11.3. The topological polar surface area (TPSA) is 31.4 Å². The van der Waals surface area contributed by atoms with Crippen molar-refractivity contribution in [2.24, 2.45) is 0 Å². The van der Waals surface area contributed by atoms with Gasteiger partial charge in [-0.1, -0.05) is 25.4 Å². The van der Waals surface area contributed by atoms with Crippen molar-refractivity contribution in [3.8, 4) is 0 Å². The number of nitrogens with zero attached hydrogens (tertiary/aromatic N) is 3. The van der Waals surface area contributed by atoms with Crippen LogP contribution in [0.4, 0.5) is 5.82 Å². The van der Waals surface area contributed by atoms with Crippen molar-refractivity contribution in [2.45, 2.75) is 46.3 Å². The van der Waals surface area contributed by atoms with E-state index in [0.717, 1.165) is 29.6 Å². The van der Waals surface area contributed by atoms with E-state index < -0.39 is 0 Å². The maximum atomic E-state index is 6.26. The Morgan fingerprint density at radius 2 is 1.90 bits per heavy atom. The average molecular weight is 313 g/mol. The molecule has 1 unspecified atom stereocenters. The minimum absolute atomic E-state index is 0.407. The van der Waals surface area contributed by atoms with Crippen LogP contribution in [0.5, 0.6) is 0 Å². The Morgan fingerprint density at radius 3 is 2.43 bits per heavy atom. The zero-order chi connectivity index (χ0) is 16.0. The summed E-state index contributed by atoms with van der Waals surface area (Å²) in [7, 11) is 4.19. The molecule has 0 radical (unpaired) electrons. The maximum Gasteiger partial charge on any atom is 0.129 e. The van der Waals surface area contributed by atoms with Gasteiger partial charge in [0, 0.05) is 31.7 Å². The Kier molecular flexibility index (Phi) is 7.43. The third-order valence-electron chi connectivity index (χ3n) is 3.38. The van der Waals surface area contributed by atoms with Gasteiger partial charge in [-0.25, -0.2) is 4.98 Å². The molecule has 0 aliphatic rings. The molecule has 0 amide bonds. The number of nitrogens with one attached hydrogen (secondary N) is 1. The van der Waals surface area contributed by atoms with Crippen molar-refractivity contribution in [3.05, 3.63) is 22.8 Å². The molecule has 1 heterocycles. The summed E-state index contributed by atoms with van der Waals surface area (Å²) in [6.07, 6.45) is 0. The third kappa shape index (κ3) is 5.81. The molecule has 4 nitrogen and oxygen atoms in total. The molecule has 1 rings (SSSR count). The smallest absolute Gasteiger partial charge is 0.129 e. The van der Waals surface area contributed by atoms with Crippen molar-refractivity contribution in [1.29, 1.82) is 0 Å². The quantitative estimate of drug-likeness (QED) is 0.799. The summed E-state index contributed by atoms with van der Waals surface area (Å²) in [4.78, 5) is 9.27. The zero-order valence-electron chi connectivity index (χ0n) is 14.2. The summed E-state index contributed by atoms with van der Waals surface area (Å²) < 4.78 is 0. The highest BCUT2D eigenvalue weighted by Gasteiger charge is 2.16. The monoisotopic (exact) mass is 312 g/mol. The maximum absolute atomic E-state index is 6.26. The van der Waals surface area contributed by atoms with Gasteiger partial charge in [0.1, 0.15) is 5.82 Å². The molecule has 5 heteroatoms. The molecule has 0 bridgehead atoms. The van der Waals surface area contributed by atoms with E-state index in [1.807, 2.05) is 12.1 Å². The molecule has 1 aromatic rings. The standard InChI is InChI=1S/C16H29ClN4/c1-7-21(13(4)11-20(5)6)16-9-8-14(17)15(19-16)10-18-12(2)3/h8-9,12-13,18H,7,10-11H2,1-6H3. The van der Waals surface area contributed by atoms with Crippen molar-refractivity contribution < 1.29 is 0 Å². The Labute approximate surface area is 134 Å². The van der Waals surface area contributed by atoms with E-state index in [4.69, 9.17) is 16.6 Å². The number of hydrogen-bond acceptors (Lipinski definition) is 4. The van der Waals surface area contributed by atoms with Crippen LogP contribution in [-0.2, 0) is 6.54 Å². The predicted octanol–water partition coefficient (Wildman–Crippen LogP) is 3.01. The van der Waals surface area contributed by atoms with Gasteiger partial charge in [0.15, 0.2) is 0 Å². The number of likely N-dealkylation sites (N-methyl/N-ethyl adjacent to an activating group) is 2. The van der Waals surface area contributed by atoms with Crippen molar-refractivity contribution in [3.63, 3.8) is 0 Å². The number of rotatable bonds is 8. The SMILES string of the molecule is CCN(c1ccc(Cl)c(CNC(C)C)n1)C(C)CN(C)C. The summed E-state index contributed by atoms with van der Waals surface area (Å²) in [5.74, 6) is 0.997. The van der Waals surface area contributed by atoms with Crippen LogP contribution in [0.15, 0.2) is 12.1 Å². The van der Waals surface area contributed by atoms with E-state index in [2.05, 4.69) is 56.9 Å². The average Bonchev–Trinajstić information content (AvgIpc) is 2.38. The van der Waals surface area contributed by atoms with E-state index in [1.165, 1.54) is 0 Å². The molecule has 21 heavy (non-hydrogen) atoms. The lowest BCUT2D eigenvalue weighted by molar-refractivity contribution is 0.372. The van der Waals surface area contributed by atoms with Gasteiger partial charge >= 0.3 is 0 Å². The molecule has 1 atom stereocenters. The van der Waals surface area contributed by atoms with Gasteiger partial charge in [0.05, 0.1) is 10.7 Å². The summed E-state index contributed by atoms with van der Waals surface area (Å²) in [6, 6.07) is 4.79. The van der Waals surface area contributed by atoms with Crippen LogP contribution < -0.4 is 10.2 Å². The fraction of sp³-hybridized carbons (Fsp3) is 0.688. The molecule has 0 aliphatic heterocycles. The molecule has 120 valence electrons. The molecule has 0 saturated carbocycles. The fourth-order valence-electron chi connectivity index (χ4n) is 2.38. The fourth-order valence-corrected chi connectivity index (χ4v) is 2.56. The molecular weight excluding hydrogens is 284 g/mol. The molecule has 1 N–H and O–H groups in total. The first-order valence-corrected chi connectivity index (χ1v) is 8.03. The Balaban J connectivity index is 2.91. The van der Waals surface area contributed by atoms with Crippen LogP contribution in [0.2, 0.25) is 5.02 Å². The van der Waals surface area contributed by atoms with Crippen LogP contribution in [-0.4, -0.2) is 49.2 Å². The molecule has 0 fully saturated rings. The van der Waals surface area contributed by atoms with Crippen LogP contribution in [0.1, 0.15) is 33.4 Å². The van der Waals surface area contributed by atoms with Gasteiger partial charge in [0.2, 0.25) is 0 Å². The molecular formula is C16H29ClN4. The largest absolute Gasteiger partial charge is 0.353 e. The van der Waals surface area contributed by atoms with Crippen LogP contribution in [0.25, 0.3) is 0 Å². The molecule has 1 aromatic heterocycles. The minimum Gasteiger partial charge on any atom is -0.353 e. The van der Waals surface area contributed by atoms with Gasteiger partial charge in [-0.2, -0.15) is 0 Å². The summed E-state index contributed by atoms with van der Waals surface area (Å²) in [5.41, 5.74) is 0.915. The van der Waals surface area contributed by atoms with Crippen molar-refractivity contribution >= 4 is 17.4 Å². The number of anilines is 1. The van der Waals surface area contributed by atoms with Gasteiger partial charge < -0.3 is 15.1 Å². The predicted molar refractivity (Wildman–Crippen MR) is 92.3 cm³/mol. The zero-order valence-corrected chi connectivity index (χ0v) is 14.9. The Bertz CT molecular complexity index is 434. The summed E-state index contributed by atoms with van der Waals surface area (Å²) in [5, 5.41) is 4.10. The lowest BCUT2D eigenvalue weighted by Gasteiger charge is -2.31. The van der Waals surface area contributed by atoms with Crippen LogP contribution in [0, 0.1) is 0 Å². The van der Waals surface area contributed by atoms with E-state index in [1.54, 1.807) is 0 Å². The van der Waals surface area contributed by atoms with Gasteiger partial charge in [-0.05, 0) is 40.1 Å². The van der Waals surface area contributed by atoms with Gasteiger partial charge in [0.25, 0.3) is 0 Å². The number of aromatic nitrogens is 1. The molecule has 0 aliphatic carbocycles. The number of pyridine rings is 1. The molecule has 0 spiro atoms. The second-order valence-corrected chi connectivity index (χ2v) is 6.44. The minimum atomic E-state index is 0.407. The highest BCUT2D eigenvalue weighted by atomic mass is 35.5. The Morgan fingerprint density at radius 1 is 1.24 bits per heavy atom. The molecule has 0 saturated heterocycles. The van der Waals surface area contributed by atoms with Gasteiger partial charge in [-0.3, -0.25) is 0 Å². The second kappa shape index (κ2) is 8.57. The number of hydrogen-bond donors (Lipinski definition) is 1. The lowest BCUT2D eigenvalue weighted by atomic mass is 10.2. The van der Waals surface area contributed by atoms with Crippen molar-refractivity contribution in [2.75, 3.05) is 32.1 Å². The van der Waals surface area contributed by atoms with E-state index in [0.29, 0.717) is 18.6 Å².